The molecule has 0 amide bonds. The maximum atomic E-state index is 12.7. The van der Waals surface area contributed by atoms with Crippen LogP contribution in [-0.2, 0) is 20.6 Å². The van der Waals surface area contributed by atoms with Crippen LogP contribution >= 0.6 is 0 Å². The lowest BCUT2D eigenvalue weighted by atomic mass is 10.2. The van der Waals surface area contributed by atoms with Crippen molar-refractivity contribution < 1.29 is 4.74 Å². The molecule has 0 saturated heterocycles. The lowest BCUT2D eigenvalue weighted by Crippen LogP contribution is -2.40. The molecule has 0 atom stereocenters. The molecule has 0 saturated carbocycles. The van der Waals surface area contributed by atoms with Crippen LogP contribution in [0.1, 0.15) is 12.0 Å². The molecular weight excluding hydrogens is 358 g/mol. The summed E-state index contributed by atoms with van der Waals surface area (Å²) in [6.07, 6.45) is 2.25. The zero-order chi connectivity index (χ0) is 20.3. The summed E-state index contributed by atoms with van der Waals surface area (Å²) in [5.74, 6) is 0.899. The number of likely N-dealkylation sites (N-methyl/N-ethyl adjacent to an activating group) is 1. The van der Waals surface area contributed by atoms with E-state index in [2.05, 4.69) is 9.88 Å². The summed E-state index contributed by atoms with van der Waals surface area (Å²) in [6.45, 7) is 4.51. The Kier molecular flexibility index (Phi) is 5.99. The number of rotatable bonds is 8. The summed E-state index contributed by atoms with van der Waals surface area (Å²) >= 11 is 0. The molecule has 8 nitrogen and oxygen atoms in total. The first kappa shape index (κ1) is 19.9. The maximum Gasteiger partial charge on any atom is 0.332 e. The van der Waals surface area contributed by atoms with Crippen molar-refractivity contribution in [2.45, 2.75) is 19.9 Å². The molecule has 0 aliphatic heterocycles. The van der Waals surface area contributed by atoms with Gasteiger partial charge in [0.2, 0.25) is 0 Å². The monoisotopic (exact) mass is 385 g/mol. The van der Waals surface area contributed by atoms with Gasteiger partial charge in [-0.15, -0.1) is 0 Å². The molecule has 0 radical (unpaired) electrons. The molecule has 28 heavy (non-hydrogen) atoms. The van der Waals surface area contributed by atoms with Gasteiger partial charge in [-0.3, -0.25) is 13.9 Å². The van der Waals surface area contributed by atoms with Gasteiger partial charge in [0.1, 0.15) is 12.4 Å². The van der Waals surface area contributed by atoms with Crippen LogP contribution in [0.3, 0.4) is 0 Å². The molecule has 150 valence electrons. The zero-order valence-corrected chi connectivity index (χ0v) is 16.9. The van der Waals surface area contributed by atoms with Crippen molar-refractivity contribution in [3.05, 3.63) is 57.0 Å². The third-order valence-electron chi connectivity index (χ3n) is 4.95. The number of aryl methyl sites for hydroxylation is 3. The largest absolute Gasteiger partial charge is 0.492 e. The average molecular weight is 385 g/mol. The number of hydrogen-bond acceptors (Lipinski definition) is 5. The van der Waals surface area contributed by atoms with E-state index in [1.54, 1.807) is 25.0 Å². The Hall–Kier alpha value is -2.87. The fourth-order valence-electron chi connectivity index (χ4n) is 3.23. The second kappa shape index (κ2) is 8.43. The third kappa shape index (κ3) is 4.01. The second-order valence-electron chi connectivity index (χ2n) is 7.10. The summed E-state index contributed by atoms with van der Waals surface area (Å²) in [5.41, 5.74) is 1.36. The van der Waals surface area contributed by atoms with E-state index >= 15 is 0 Å². The number of fused-ring (bicyclic) bond motifs is 1. The van der Waals surface area contributed by atoms with Gasteiger partial charge in [-0.2, -0.15) is 0 Å². The molecule has 2 aromatic heterocycles. The summed E-state index contributed by atoms with van der Waals surface area (Å²) in [6, 6.07) is 7.94. The van der Waals surface area contributed by atoms with Gasteiger partial charge in [0, 0.05) is 27.2 Å². The van der Waals surface area contributed by atoms with Crippen LogP contribution in [0.25, 0.3) is 11.2 Å². The third-order valence-corrected chi connectivity index (χ3v) is 4.95. The van der Waals surface area contributed by atoms with Crippen molar-refractivity contribution in [1.29, 1.82) is 0 Å². The Morgan fingerprint density at radius 3 is 2.64 bits per heavy atom. The molecule has 0 N–H and O–H groups in total. The number of ether oxygens (including phenoxy) is 1. The highest BCUT2D eigenvalue weighted by atomic mass is 16.5. The first-order valence-electron chi connectivity index (χ1n) is 9.38. The maximum absolute atomic E-state index is 12.7. The second-order valence-corrected chi connectivity index (χ2v) is 7.10. The molecule has 0 aliphatic rings. The molecular formula is C20H27N5O3. The van der Waals surface area contributed by atoms with E-state index < -0.39 is 0 Å². The van der Waals surface area contributed by atoms with Gasteiger partial charge in [-0.05, 0) is 38.6 Å². The zero-order valence-electron chi connectivity index (χ0n) is 16.9. The van der Waals surface area contributed by atoms with E-state index in [0.717, 1.165) is 24.4 Å². The molecule has 0 bridgehead atoms. The highest BCUT2D eigenvalue weighted by Gasteiger charge is 2.14. The number of aromatic nitrogens is 4. The average Bonchev–Trinajstić information content (AvgIpc) is 3.06. The number of hydrogen-bond donors (Lipinski definition) is 0. The molecule has 2 heterocycles. The van der Waals surface area contributed by atoms with Crippen molar-refractivity contribution >= 4 is 11.2 Å². The van der Waals surface area contributed by atoms with Crippen molar-refractivity contribution in [1.82, 2.24) is 23.6 Å². The van der Waals surface area contributed by atoms with Gasteiger partial charge in [-0.1, -0.05) is 18.2 Å². The van der Waals surface area contributed by atoms with Gasteiger partial charge in [0.25, 0.3) is 5.56 Å². The quantitative estimate of drug-likeness (QED) is 0.581. The minimum absolute atomic E-state index is 0.288. The molecule has 0 fully saturated rings. The van der Waals surface area contributed by atoms with Gasteiger partial charge in [0.05, 0.1) is 6.33 Å². The predicted molar refractivity (Wildman–Crippen MR) is 109 cm³/mol. The van der Waals surface area contributed by atoms with Crippen LogP contribution in [0.4, 0.5) is 0 Å². The predicted octanol–water partition coefficient (Wildman–Crippen LogP) is 1.14. The molecule has 3 rings (SSSR count). The molecule has 1 aromatic carbocycles. The van der Waals surface area contributed by atoms with Crippen LogP contribution in [0.15, 0.2) is 40.2 Å². The van der Waals surface area contributed by atoms with Crippen LogP contribution in [-0.4, -0.2) is 50.3 Å². The Bertz CT molecular complexity index is 1080. The normalized spacial score (nSPS) is 11.5. The first-order valence-corrected chi connectivity index (χ1v) is 9.38. The summed E-state index contributed by atoms with van der Waals surface area (Å²) < 4.78 is 10.2. The van der Waals surface area contributed by atoms with Crippen molar-refractivity contribution in [2.75, 3.05) is 26.7 Å². The topological polar surface area (TPSA) is 74.3 Å². The highest BCUT2D eigenvalue weighted by Crippen LogP contribution is 2.15. The summed E-state index contributed by atoms with van der Waals surface area (Å²) in [5, 5.41) is 0. The van der Waals surface area contributed by atoms with E-state index in [0.29, 0.717) is 30.7 Å². The van der Waals surface area contributed by atoms with Crippen molar-refractivity contribution in [2.24, 2.45) is 14.1 Å². The minimum atomic E-state index is -0.332. The smallest absolute Gasteiger partial charge is 0.332 e. The van der Waals surface area contributed by atoms with Crippen LogP contribution < -0.4 is 16.0 Å². The SMILES string of the molecule is Cc1ccccc1OCCN(C)CCCn1c(=O)c2c(ncn2C)n(C)c1=O. The molecule has 0 spiro atoms. The summed E-state index contributed by atoms with van der Waals surface area (Å²) in [4.78, 5) is 31.4. The summed E-state index contributed by atoms with van der Waals surface area (Å²) in [7, 11) is 5.41. The van der Waals surface area contributed by atoms with E-state index in [1.165, 1.54) is 9.13 Å². The lowest BCUT2D eigenvalue weighted by molar-refractivity contribution is 0.232. The molecule has 0 aliphatic carbocycles. The Morgan fingerprint density at radius 2 is 1.89 bits per heavy atom. The molecule has 3 aromatic rings. The van der Waals surface area contributed by atoms with Gasteiger partial charge >= 0.3 is 5.69 Å². The number of benzene rings is 1. The number of imidazole rings is 1. The minimum Gasteiger partial charge on any atom is -0.492 e. The number of nitrogens with zero attached hydrogens (tertiary/aromatic N) is 5. The van der Waals surface area contributed by atoms with Crippen molar-refractivity contribution in [3.8, 4) is 5.75 Å². The Balaban J connectivity index is 1.56. The Labute approximate surface area is 163 Å². The van der Waals surface area contributed by atoms with Gasteiger partial charge < -0.3 is 14.2 Å². The Morgan fingerprint density at radius 1 is 1.14 bits per heavy atom. The first-order chi connectivity index (χ1) is 13.4. The van der Waals surface area contributed by atoms with Crippen LogP contribution in [0.2, 0.25) is 0 Å². The van der Waals surface area contributed by atoms with E-state index in [4.69, 9.17) is 4.74 Å². The fourth-order valence-corrected chi connectivity index (χ4v) is 3.23. The lowest BCUT2D eigenvalue weighted by Gasteiger charge is -2.18. The van der Waals surface area contributed by atoms with Crippen LogP contribution in [0, 0.1) is 6.92 Å². The fraction of sp³-hybridized carbons (Fsp3) is 0.450. The van der Waals surface area contributed by atoms with Crippen molar-refractivity contribution in [3.63, 3.8) is 0 Å². The standard InChI is InChI=1S/C20H27N5O3/c1-15-8-5-6-9-16(15)28-13-12-22(2)10-7-11-25-19(26)17-18(21-14-23(17)3)24(4)20(25)27/h5-6,8-9,14H,7,10-13H2,1-4H3. The van der Waals surface area contributed by atoms with Gasteiger partial charge in [0.15, 0.2) is 11.2 Å². The highest BCUT2D eigenvalue weighted by molar-refractivity contribution is 5.69. The van der Waals surface area contributed by atoms with E-state index in [1.807, 2.05) is 38.2 Å². The molecule has 8 heteroatoms. The number of para-hydroxylation sites is 1. The van der Waals surface area contributed by atoms with Gasteiger partial charge in [-0.25, -0.2) is 9.78 Å². The molecule has 0 unspecified atom stereocenters. The van der Waals surface area contributed by atoms with Crippen LogP contribution in [0.5, 0.6) is 5.75 Å². The van der Waals surface area contributed by atoms with E-state index in [9.17, 15) is 9.59 Å². The van der Waals surface area contributed by atoms with E-state index in [-0.39, 0.29) is 11.2 Å².